The van der Waals surface area contributed by atoms with Crippen LogP contribution >= 0.6 is 23.2 Å². The van der Waals surface area contributed by atoms with Gasteiger partial charge in [-0.05, 0) is 32.2 Å². The summed E-state index contributed by atoms with van der Waals surface area (Å²) in [7, 11) is 2.05. The van der Waals surface area contributed by atoms with E-state index in [1.165, 1.54) is 0 Å². The zero-order valence-electron chi connectivity index (χ0n) is 14.1. The van der Waals surface area contributed by atoms with Gasteiger partial charge in [-0.3, -0.25) is 4.79 Å². The fourth-order valence-electron chi connectivity index (χ4n) is 2.64. The van der Waals surface area contributed by atoms with Crippen LogP contribution < -0.4 is 5.32 Å². The number of aryl methyl sites for hydroxylation is 1. The van der Waals surface area contributed by atoms with Crippen molar-refractivity contribution in [2.24, 2.45) is 0 Å². The molecule has 2 heterocycles. The first-order chi connectivity index (χ1) is 11.9. The van der Waals surface area contributed by atoms with Crippen molar-refractivity contribution in [1.82, 2.24) is 19.8 Å². The quantitative estimate of drug-likeness (QED) is 0.886. The smallest absolute Gasteiger partial charge is 0.272 e. The molecule has 0 aliphatic carbocycles. The third kappa shape index (κ3) is 4.39. The summed E-state index contributed by atoms with van der Waals surface area (Å²) in [6.07, 6.45) is 0. The molecule has 0 bridgehead atoms. The third-order valence-electron chi connectivity index (χ3n) is 4.04. The molecule has 1 aromatic carbocycles. The number of hydrogen-bond acceptors (Lipinski definition) is 5. The number of rotatable bonds is 3. The van der Waals surface area contributed by atoms with Crippen molar-refractivity contribution in [1.29, 1.82) is 0 Å². The number of aromatic nitrogens is 2. The molecule has 6 nitrogen and oxygen atoms in total. The number of carbonyl (C=O) groups is 1. The minimum atomic E-state index is -0.0798. The standard InChI is InChI=1S/C17H19Cl2N5O/c1-11-20-15(17(25)24-7-5-23(2)6-8-24)10-16(21-11)22-14-4-3-12(18)9-13(14)19/h3-4,9-10H,5-8H2,1-2H3,(H,20,21,22). The summed E-state index contributed by atoms with van der Waals surface area (Å²) in [6.45, 7) is 4.88. The Balaban J connectivity index is 1.81. The molecule has 1 aliphatic heterocycles. The topological polar surface area (TPSA) is 61.4 Å². The lowest BCUT2D eigenvalue weighted by atomic mass is 10.2. The van der Waals surface area contributed by atoms with Gasteiger partial charge in [-0.15, -0.1) is 0 Å². The Morgan fingerprint density at radius 2 is 1.84 bits per heavy atom. The van der Waals surface area contributed by atoms with Gasteiger partial charge < -0.3 is 15.1 Å². The van der Waals surface area contributed by atoms with Crippen molar-refractivity contribution in [2.45, 2.75) is 6.92 Å². The van der Waals surface area contributed by atoms with Crippen LogP contribution in [-0.2, 0) is 0 Å². The molecular formula is C17H19Cl2N5O. The number of anilines is 2. The molecule has 1 fully saturated rings. The molecule has 0 unspecified atom stereocenters. The zero-order chi connectivity index (χ0) is 18.0. The summed E-state index contributed by atoms with van der Waals surface area (Å²) in [5.41, 5.74) is 1.05. The lowest BCUT2D eigenvalue weighted by Gasteiger charge is -2.32. The molecule has 132 valence electrons. The molecular weight excluding hydrogens is 361 g/mol. The van der Waals surface area contributed by atoms with E-state index in [1.807, 2.05) is 4.90 Å². The molecule has 1 aromatic heterocycles. The van der Waals surface area contributed by atoms with Crippen LogP contribution in [0.4, 0.5) is 11.5 Å². The maximum Gasteiger partial charge on any atom is 0.272 e. The number of nitrogens with zero attached hydrogens (tertiary/aromatic N) is 4. The normalized spacial score (nSPS) is 15.3. The van der Waals surface area contributed by atoms with E-state index in [-0.39, 0.29) is 5.91 Å². The fraction of sp³-hybridized carbons (Fsp3) is 0.353. The van der Waals surface area contributed by atoms with Gasteiger partial charge in [0, 0.05) is 37.3 Å². The van der Waals surface area contributed by atoms with Gasteiger partial charge in [0.25, 0.3) is 5.91 Å². The zero-order valence-corrected chi connectivity index (χ0v) is 15.6. The molecule has 0 saturated carbocycles. The van der Waals surface area contributed by atoms with Gasteiger partial charge in [0.15, 0.2) is 0 Å². The Kier molecular flexibility index (Phi) is 5.42. The van der Waals surface area contributed by atoms with Gasteiger partial charge in [-0.2, -0.15) is 0 Å². The summed E-state index contributed by atoms with van der Waals surface area (Å²) in [4.78, 5) is 25.4. The Morgan fingerprint density at radius 3 is 2.52 bits per heavy atom. The average molecular weight is 380 g/mol. The molecule has 1 saturated heterocycles. The van der Waals surface area contributed by atoms with Gasteiger partial charge in [0.2, 0.25) is 0 Å². The molecule has 0 spiro atoms. The summed E-state index contributed by atoms with van der Waals surface area (Å²) in [5.74, 6) is 0.964. The van der Waals surface area contributed by atoms with E-state index in [9.17, 15) is 4.79 Å². The highest BCUT2D eigenvalue weighted by Crippen LogP contribution is 2.28. The monoisotopic (exact) mass is 379 g/mol. The largest absolute Gasteiger partial charge is 0.339 e. The van der Waals surface area contributed by atoms with Crippen LogP contribution in [0, 0.1) is 6.92 Å². The highest BCUT2D eigenvalue weighted by molar-refractivity contribution is 6.36. The number of hydrogen-bond donors (Lipinski definition) is 1. The van der Waals surface area contributed by atoms with E-state index in [0.29, 0.717) is 46.2 Å². The van der Waals surface area contributed by atoms with Crippen LogP contribution in [0.2, 0.25) is 10.0 Å². The Bertz CT molecular complexity index is 791. The van der Waals surface area contributed by atoms with Gasteiger partial charge in [0.1, 0.15) is 17.3 Å². The second-order valence-corrected chi connectivity index (χ2v) is 6.87. The highest BCUT2D eigenvalue weighted by atomic mass is 35.5. The predicted octanol–water partition coefficient (Wildman–Crippen LogP) is 3.22. The number of halogens is 2. The molecule has 3 rings (SSSR count). The second kappa shape index (κ2) is 7.56. The van der Waals surface area contributed by atoms with Crippen molar-refractivity contribution >= 4 is 40.6 Å². The lowest BCUT2D eigenvalue weighted by Crippen LogP contribution is -2.47. The number of carbonyl (C=O) groups excluding carboxylic acids is 1. The number of benzene rings is 1. The van der Waals surface area contributed by atoms with E-state index in [1.54, 1.807) is 31.2 Å². The minimum absolute atomic E-state index is 0.0798. The fourth-order valence-corrected chi connectivity index (χ4v) is 3.10. The third-order valence-corrected chi connectivity index (χ3v) is 4.59. The van der Waals surface area contributed by atoms with Crippen LogP contribution in [0.15, 0.2) is 24.3 Å². The second-order valence-electron chi connectivity index (χ2n) is 6.03. The van der Waals surface area contributed by atoms with E-state index in [2.05, 4.69) is 27.2 Å². The van der Waals surface area contributed by atoms with Crippen LogP contribution in [0.25, 0.3) is 0 Å². The van der Waals surface area contributed by atoms with Gasteiger partial charge in [0.05, 0.1) is 10.7 Å². The van der Waals surface area contributed by atoms with Gasteiger partial charge >= 0.3 is 0 Å². The maximum absolute atomic E-state index is 12.7. The molecule has 8 heteroatoms. The molecule has 1 amide bonds. The Morgan fingerprint density at radius 1 is 1.12 bits per heavy atom. The summed E-state index contributed by atoms with van der Waals surface area (Å²) < 4.78 is 0. The minimum Gasteiger partial charge on any atom is -0.339 e. The van der Waals surface area contributed by atoms with Crippen LogP contribution in [0.3, 0.4) is 0 Å². The number of amides is 1. The SMILES string of the molecule is Cc1nc(Nc2ccc(Cl)cc2Cl)cc(C(=O)N2CCN(C)CC2)n1. The Hall–Kier alpha value is -1.89. The molecule has 0 radical (unpaired) electrons. The number of piperazine rings is 1. The summed E-state index contributed by atoms with van der Waals surface area (Å²) >= 11 is 12.1. The van der Waals surface area contributed by atoms with Crippen molar-refractivity contribution in [3.63, 3.8) is 0 Å². The summed E-state index contributed by atoms with van der Waals surface area (Å²) in [5, 5.41) is 4.16. The number of likely N-dealkylation sites (N-methyl/N-ethyl adjacent to an activating group) is 1. The van der Waals surface area contributed by atoms with E-state index < -0.39 is 0 Å². The maximum atomic E-state index is 12.7. The van der Waals surface area contributed by atoms with Gasteiger partial charge in [-0.25, -0.2) is 9.97 Å². The van der Waals surface area contributed by atoms with E-state index in [0.717, 1.165) is 13.1 Å². The molecule has 2 aromatic rings. The first-order valence-corrected chi connectivity index (χ1v) is 8.73. The predicted molar refractivity (Wildman–Crippen MR) is 99.9 cm³/mol. The van der Waals surface area contributed by atoms with E-state index >= 15 is 0 Å². The van der Waals surface area contributed by atoms with Gasteiger partial charge in [-0.1, -0.05) is 23.2 Å². The summed E-state index contributed by atoms with van der Waals surface area (Å²) in [6, 6.07) is 6.80. The van der Waals surface area contributed by atoms with Crippen molar-refractivity contribution in [2.75, 3.05) is 38.5 Å². The molecule has 1 aliphatic rings. The molecule has 0 atom stereocenters. The van der Waals surface area contributed by atoms with Crippen LogP contribution in [0.5, 0.6) is 0 Å². The molecule has 25 heavy (non-hydrogen) atoms. The number of nitrogens with one attached hydrogen (secondary N) is 1. The Labute approximate surface area is 156 Å². The first kappa shape index (κ1) is 17.9. The van der Waals surface area contributed by atoms with Crippen molar-refractivity contribution in [3.05, 3.63) is 45.8 Å². The lowest BCUT2D eigenvalue weighted by molar-refractivity contribution is 0.0658. The van der Waals surface area contributed by atoms with Crippen molar-refractivity contribution in [3.8, 4) is 0 Å². The average Bonchev–Trinajstić information content (AvgIpc) is 2.57. The van der Waals surface area contributed by atoms with Crippen LogP contribution in [0.1, 0.15) is 16.3 Å². The van der Waals surface area contributed by atoms with Crippen molar-refractivity contribution < 1.29 is 4.79 Å². The first-order valence-electron chi connectivity index (χ1n) is 7.98. The molecule has 1 N–H and O–H groups in total. The van der Waals surface area contributed by atoms with Crippen LogP contribution in [-0.4, -0.2) is 58.9 Å². The highest BCUT2D eigenvalue weighted by Gasteiger charge is 2.22. The van der Waals surface area contributed by atoms with E-state index in [4.69, 9.17) is 23.2 Å².